The molecule has 2 heterocycles. The molecule has 0 aliphatic rings. The van der Waals surface area contributed by atoms with Gasteiger partial charge in [0.05, 0.1) is 0 Å². The number of halogens is 1. The molecule has 3 rings (SSSR count). The summed E-state index contributed by atoms with van der Waals surface area (Å²) in [6, 6.07) is 12.2. The number of oxazole rings is 1. The third-order valence-corrected chi connectivity index (χ3v) is 4.97. The molecule has 1 unspecified atom stereocenters. The van der Waals surface area contributed by atoms with Gasteiger partial charge < -0.3 is 4.42 Å². The Kier molecular flexibility index (Phi) is 4.53. The lowest BCUT2D eigenvalue weighted by atomic mass is 10.1. The summed E-state index contributed by atoms with van der Waals surface area (Å²) in [5.74, 6) is 0.823. The van der Waals surface area contributed by atoms with Crippen molar-refractivity contribution in [2.75, 3.05) is 0 Å². The van der Waals surface area contributed by atoms with E-state index in [2.05, 4.69) is 38.4 Å². The lowest BCUT2D eigenvalue weighted by molar-refractivity contribution is 0.517. The summed E-state index contributed by atoms with van der Waals surface area (Å²) >= 11 is 5.57. The molecule has 0 spiro atoms. The first kappa shape index (κ1) is 13.8. The van der Waals surface area contributed by atoms with Crippen LogP contribution in [0.5, 0.6) is 0 Å². The first-order valence-corrected chi connectivity index (χ1v) is 8.62. The van der Waals surface area contributed by atoms with E-state index in [0.717, 1.165) is 36.3 Å². The monoisotopic (exact) mass is 349 g/mol. The fourth-order valence-corrected chi connectivity index (χ4v) is 3.60. The van der Waals surface area contributed by atoms with E-state index in [1.165, 1.54) is 11.3 Å². The van der Waals surface area contributed by atoms with Crippen LogP contribution in [0, 0.1) is 0 Å². The Labute approximate surface area is 131 Å². The predicted octanol–water partition coefficient (Wildman–Crippen LogP) is 5.22. The van der Waals surface area contributed by atoms with E-state index in [9.17, 15) is 0 Å². The van der Waals surface area contributed by atoms with Gasteiger partial charge in [0.2, 0.25) is 0 Å². The van der Waals surface area contributed by atoms with E-state index < -0.39 is 0 Å². The van der Waals surface area contributed by atoms with Crippen molar-refractivity contribution in [2.24, 2.45) is 0 Å². The van der Waals surface area contributed by atoms with Crippen LogP contribution in [0.1, 0.15) is 23.6 Å². The normalized spacial score (nSPS) is 12.8. The zero-order valence-corrected chi connectivity index (χ0v) is 13.5. The molecule has 20 heavy (non-hydrogen) atoms. The zero-order valence-electron chi connectivity index (χ0n) is 11.1. The zero-order chi connectivity index (χ0) is 13.8. The average molecular weight is 350 g/mol. The molecule has 2 nitrogen and oxygen atoms in total. The Morgan fingerprint density at radius 2 is 2.10 bits per heavy atom. The fourth-order valence-electron chi connectivity index (χ4n) is 2.25. The van der Waals surface area contributed by atoms with E-state index in [4.69, 9.17) is 4.42 Å². The third kappa shape index (κ3) is 3.49. The number of aromatic nitrogens is 1. The number of benzene rings is 1. The van der Waals surface area contributed by atoms with Crippen molar-refractivity contribution in [3.8, 4) is 0 Å². The topological polar surface area (TPSA) is 26.0 Å². The molecule has 2 aromatic heterocycles. The van der Waals surface area contributed by atoms with Gasteiger partial charge in [0.25, 0.3) is 0 Å². The van der Waals surface area contributed by atoms with Crippen LogP contribution in [0.2, 0.25) is 0 Å². The number of alkyl halides is 1. The minimum atomic E-state index is 0.426. The molecule has 3 aromatic rings. The molecule has 0 aliphatic carbocycles. The van der Waals surface area contributed by atoms with Crippen molar-refractivity contribution < 1.29 is 4.42 Å². The second-order valence-corrected chi connectivity index (χ2v) is 7.18. The van der Waals surface area contributed by atoms with Crippen LogP contribution in [0.4, 0.5) is 0 Å². The van der Waals surface area contributed by atoms with Gasteiger partial charge in [0.1, 0.15) is 5.52 Å². The average Bonchev–Trinajstić information content (AvgIpc) is 3.06. The molecule has 1 atom stereocenters. The highest BCUT2D eigenvalue weighted by Crippen LogP contribution is 2.21. The van der Waals surface area contributed by atoms with Gasteiger partial charge in [-0.2, -0.15) is 0 Å². The van der Waals surface area contributed by atoms with Crippen molar-refractivity contribution in [1.82, 2.24) is 4.98 Å². The van der Waals surface area contributed by atoms with Gasteiger partial charge >= 0.3 is 0 Å². The van der Waals surface area contributed by atoms with Gasteiger partial charge in [-0.3, -0.25) is 0 Å². The molecule has 0 N–H and O–H groups in total. The molecule has 0 fully saturated rings. The number of rotatable bonds is 6. The van der Waals surface area contributed by atoms with E-state index in [1.54, 1.807) is 0 Å². The standard InChI is InChI=1S/C16H16BrNOS/c17-12(5-3-6-13-7-4-10-20-13)11-16-18-14-8-1-2-9-15(14)19-16/h1-2,4,7-10,12H,3,5-6,11H2. The summed E-state index contributed by atoms with van der Waals surface area (Å²) in [6.45, 7) is 0. The number of aryl methyl sites for hydroxylation is 1. The maximum absolute atomic E-state index is 5.75. The van der Waals surface area contributed by atoms with E-state index in [0.29, 0.717) is 4.83 Å². The Bertz CT molecular complexity index is 629. The van der Waals surface area contributed by atoms with E-state index in [-0.39, 0.29) is 0 Å². The molecule has 4 heteroatoms. The van der Waals surface area contributed by atoms with Gasteiger partial charge in [-0.05, 0) is 42.8 Å². The minimum absolute atomic E-state index is 0.426. The second-order valence-electron chi connectivity index (χ2n) is 4.85. The Hall–Kier alpha value is -1.13. The Morgan fingerprint density at radius 1 is 1.20 bits per heavy atom. The lowest BCUT2D eigenvalue weighted by Crippen LogP contribution is -2.03. The number of para-hydroxylation sites is 2. The van der Waals surface area contributed by atoms with Crippen LogP contribution in [-0.2, 0) is 12.8 Å². The molecule has 0 saturated heterocycles. The highest BCUT2D eigenvalue weighted by atomic mass is 79.9. The Balaban J connectivity index is 1.51. The lowest BCUT2D eigenvalue weighted by Gasteiger charge is -2.06. The second kappa shape index (κ2) is 6.55. The van der Waals surface area contributed by atoms with Gasteiger partial charge in [0, 0.05) is 16.1 Å². The molecule has 104 valence electrons. The molecular weight excluding hydrogens is 334 g/mol. The van der Waals surface area contributed by atoms with Crippen LogP contribution in [0.3, 0.4) is 0 Å². The summed E-state index contributed by atoms with van der Waals surface area (Å²) in [4.78, 5) is 6.41. The maximum Gasteiger partial charge on any atom is 0.196 e. The number of hydrogen-bond donors (Lipinski definition) is 0. The number of fused-ring (bicyclic) bond motifs is 1. The third-order valence-electron chi connectivity index (χ3n) is 3.25. The van der Waals surface area contributed by atoms with Crippen LogP contribution in [0.15, 0.2) is 46.2 Å². The molecular formula is C16H16BrNOS. The first-order chi connectivity index (χ1) is 9.81. The van der Waals surface area contributed by atoms with Crippen molar-refractivity contribution in [3.63, 3.8) is 0 Å². The van der Waals surface area contributed by atoms with Gasteiger partial charge in [-0.15, -0.1) is 11.3 Å². The van der Waals surface area contributed by atoms with E-state index >= 15 is 0 Å². The number of nitrogens with zero attached hydrogens (tertiary/aromatic N) is 1. The van der Waals surface area contributed by atoms with Gasteiger partial charge in [-0.1, -0.05) is 34.1 Å². The predicted molar refractivity (Wildman–Crippen MR) is 87.7 cm³/mol. The summed E-state index contributed by atoms with van der Waals surface area (Å²) < 4.78 is 5.75. The van der Waals surface area contributed by atoms with Crippen molar-refractivity contribution in [1.29, 1.82) is 0 Å². The van der Waals surface area contributed by atoms with Crippen molar-refractivity contribution >= 4 is 38.4 Å². The molecule has 0 saturated carbocycles. The smallest absolute Gasteiger partial charge is 0.196 e. The molecule has 0 radical (unpaired) electrons. The van der Waals surface area contributed by atoms with Crippen LogP contribution < -0.4 is 0 Å². The summed E-state index contributed by atoms with van der Waals surface area (Å²) in [5.41, 5.74) is 1.82. The minimum Gasteiger partial charge on any atom is -0.441 e. The van der Waals surface area contributed by atoms with Crippen LogP contribution >= 0.6 is 27.3 Å². The van der Waals surface area contributed by atoms with Gasteiger partial charge in [-0.25, -0.2) is 4.98 Å². The number of hydrogen-bond acceptors (Lipinski definition) is 3. The molecule has 1 aromatic carbocycles. The summed E-state index contributed by atoms with van der Waals surface area (Å²) in [6.07, 6.45) is 4.33. The largest absolute Gasteiger partial charge is 0.441 e. The summed E-state index contributed by atoms with van der Waals surface area (Å²) in [7, 11) is 0. The van der Waals surface area contributed by atoms with E-state index in [1.807, 2.05) is 35.6 Å². The molecule has 0 aliphatic heterocycles. The molecule has 0 bridgehead atoms. The quantitative estimate of drug-likeness (QED) is 0.570. The van der Waals surface area contributed by atoms with Crippen LogP contribution in [-0.4, -0.2) is 9.81 Å². The molecule has 0 amide bonds. The van der Waals surface area contributed by atoms with Crippen LogP contribution in [0.25, 0.3) is 11.1 Å². The first-order valence-electron chi connectivity index (χ1n) is 6.82. The van der Waals surface area contributed by atoms with Gasteiger partial charge in [0.15, 0.2) is 11.5 Å². The fraction of sp³-hybridized carbons (Fsp3) is 0.312. The summed E-state index contributed by atoms with van der Waals surface area (Å²) in [5, 5.41) is 2.14. The Morgan fingerprint density at radius 3 is 2.90 bits per heavy atom. The highest BCUT2D eigenvalue weighted by Gasteiger charge is 2.11. The van der Waals surface area contributed by atoms with Crippen molar-refractivity contribution in [2.45, 2.75) is 30.5 Å². The maximum atomic E-state index is 5.75. The highest BCUT2D eigenvalue weighted by molar-refractivity contribution is 9.09. The SMILES string of the molecule is BrC(CCCc1cccs1)Cc1nc2ccccc2o1. The van der Waals surface area contributed by atoms with Crippen molar-refractivity contribution in [3.05, 3.63) is 52.5 Å². The number of thiophene rings is 1.